The SMILES string of the molecule is C=C(C)C(=O)NC(C)(C)CC(=O)[O-].[Na+]. The number of aliphatic carboxylic acids is 1. The van der Waals surface area contributed by atoms with E-state index in [1.807, 2.05) is 0 Å². The van der Waals surface area contributed by atoms with E-state index in [1.54, 1.807) is 20.8 Å². The molecule has 0 unspecified atom stereocenters. The maximum Gasteiger partial charge on any atom is 1.00 e. The zero-order chi connectivity index (χ0) is 10.6. The first-order chi connectivity index (χ1) is 5.74. The Morgan fingerprint density at radius 2 is 1.86 bits per heavy atom. The molecular weight excluding hydrogens is 193 g/mol. The minimum atomic E-state index is -1.19. The van der Waals surface area contributed by atoms with Gasteiger partial charge in [0, 0.05) is 23.5 Å². The van der Waals surface area contributed by atoms with Gasteiger partial charge in [0.15, 0.2) is 0 Å². The Balaban J connectivity index is 0. The number of nitrogens with one attached hydrogen (secondary N) is 1. The van der Waals surface area contributed by atoms with E-state index in [0.29, 0.717) is 5.57 Å². The van der Waals surface area contributed by atoms with Gasteiger partial charge in [-0.1, -0.05) is 6.58 Å². The van der Waals surface area contributed by atoms with Crippen molar-refractivity contribution in [3.05, 3.63) is 12.2 Å². The number of carboxylic acid groups (broad SMARTS) is 1. The third-order valence-corrected chi connectivity index (χ3v) is 1.43. The van der Waals surface area contributed by atoms with E-state index in [0.717, 1.165) is 0 Å². The maximum absolute atomic E-state index is 11.1. The third-order valence-electron chi connectivity index (χ3n) is 1.43. The molecule has 0 fully saturated rings. The molecule has 0 aliphatic carbocycles. The molecule has 0 aromatic rings. The maximum atomic E-state index is 11.1. The van der Waals surface area contributed by atoms with E-state index < -0.39 is 11.5 Å². The van der Waals surface area contributed by atoms with Crippen molar-refractivity contribution in [2.24, 2.45) is 0 Å². The van der Waals surface area contributed by atoms with Crippen molar-refractivity contribution in [3.63, 3.8) is 0 Å². The van der Waals surface area contributed by atoms with Crippen LogP contribution in [0.4, 0.5) is 0 Å². The van der Waals surface area contributed by atoms with Crippen molar-refractivity contribution in [1.29, 1.82) is 0 Å². The zero-order valence-electron chi connectivity index (χ0n) is 9.14. The summed E-state index contributed by atoms with van der Waals surface area (Å²) in [5, 5.41) is 12.8. The van der Waals surface area contributed by atoms with Crippen LogP contribution in [0.15, 0.2) is 12.2 Å². The van der Waals surface area contributed by atoms with Gasteiger partial charge in [-0.2, -0.15) is 0 Å². The topological polar surface area (TPSA) is 69.2 Å². The number of rotatable bonds is 4. The van der Waals surface area contributed by atoms with Crippen LogP contribution in [-0.2, 0) is 9.59 Å². The van der Waals surface area contributed by atoms with Crippen LogP contribution < -0.4 is 40.0 Å². The second-order valence-corrected chi connectivity index (χ2v) is 3.67. The molecule has 0 aliphatic rings. The van der Waals surface area contributed by atoms with E-state index in [-0.39, 0.29) is 41.9 Å². The summed E-state index contributed by atoms with van der Waals surface area (Å²) in [5.41, 5.74) is -0.444. The molecule has 4 nitrogen and oxygen atoms in total. The molecular formula is C9H14NNaO3. The van der Waals surface area contributed by atoms with Gasteiger partial charge in [0.05, 0.1) is 0 Å². The van der Waals surface area contributed by atoms with Crippen LogP contribution in [0.25, 0.3) is 0 Å². The van der Waals surface area contributed by atoms with E-state index in [2.05, 4.69) is 11.9 Å². The number of hydrogen-bond donors (Lipinski definition) is 1. The molecule has 0 aromatic heterocycles. The van der Waals surface area contributed by atoms with Crippen molar-refractivity contribution in [3.8, 4) is 0 Å². The normalized spacial score (nSPS) is 9.93. The standard InChI is InChI=1S/C9H15NO3.Na/c1-6(2)8(13)10-9(3,4)5-7(11)12;/h1,5H2,2-4H3,(H,10,13)(H,11,12);/q;+1/p-1. The van der Waals surface area contributed by atoms with E-state index >= 15 is 0 Å². The molecule has 0 aliphatic heterocycles. The second-order valence-electron chi connectivity index (χ2n) is 3.67. The molecule has 0 atom stereocenters. The van der Waals surface area contributed by atoms with Gasteiger partial charge >= 0.3 is 29.6 Å². The predicted octanol–water partition coefficient (Wildman–Crippen LogP) is -3.40. The molecule has 0 saturated carbocycles. The van der Waals surface area contributed by atoms with Gasteiger partial charge < -0.3 is 15.2 Å². The van der Waals surface area contributed by atoms with Gasteiger partial charge in [0.25, 0.3) is 0 Å². The molecule has 0 saturated heterocycles. The summed E-state index contributed by atoms with van der Waals surface area (Å²) in [6.45, 7) is 8.23. The molecule has 0 aromatic carbocycles. The van der Waals surface area contributed by atoms with Gasteiger partial charge in [0.1, 0.15) is 0 Å². The first-order valence-electron chi connectivity index (χ1n) is 3.92. The van der Waals surface area contributed by atoms with Gasteiger partial charge in [-0.15, -0.1) is 0 Å². The summed E-state index contributed by atoms with van der Waals surface area (Å²) in [5.74, 6) is -1.53. The van der Waals surface area contributed by atoms with Crippen molar-refractivity contribution in [2.75, 3.05) is 0 Å². The Hall–Kier alpha value is -0.320. The fourth-order valence-corrected chi connectivity index (χ4v) is 0.819. The molecule has 0 heterocycles. The molecule has 0 rings (SSSR count). The average molecular weight is 207 g/mol. The van der Waals surface area contributed by atoms with E-state index in [9.17, 15) is 14.7 Å². The van der Waals surface area contributed by atoms with Crippen LogP contribution in [0.5, 0.6) is 0 Å². The molecule has 1 N–H and O–H groups in total. The fraction of sp³-hybridized carbons (Fsp3) is 0.556. The van der Waals surface area contributed by atoms with Gasteiger partial charge in [-0.3, -0.25) is 4.79 Å². The Morgan fingerprint density at radius 1 is 1.43 bits per heavy atom. The summed E-state index contributed by atoms with van der Waals surface area (Å²) >= 11 is 0. The summed E-state index contributed by atoms with van der Waals surface area (Å²) in [7, 11) is 0. The second kappa shape index (κ2) is 6.22. The van der Waals surface area contributed by atoms with Crippen LogP contribution >= 0.6 is 0 Å². The number of carboxylic acids is 1. The first kappa shape index (κ1) is 16.1. The number of amides is 1. The summed E-state index contributed by atoms with van der Waals surface area (Å²) in [6, 6.07) is 0. The van der Waals surface area contributed by atoms with Gasteiger partial charge in [0.2, 0.25) is 5.91 Å². The molecule has 0 spiro atoms. The molecule has 0 radical (unpaired) electrons. The van der Waals surface area contributed by atoms with Crippen molar-refractivity contribution >= 4 is 11.9 Å². The quantitative estimate of drug-likeness (QED) is 0.386. The number of hydrogen-bond acceptors (Lipinski definition) is 3. The molecule has 14 heavy (non-hydrogen) atoms. The average Bonchev–Trinajstić information content (AvgIpc) is 1.81. The van der Waals surface area contributed by atoms with Crippen LogP contribution in [0.2, 0.25) is 0 Å². The molecule has 0 bridgehead atoms. The smallest absolute Gasteiger partial charge is 0.550 e. The van der Waals surface area contributed by atoms with Gasteiger partial charge in [-0.05, 0) is 20.8 Å². The van der Waals surface area contributed by atoms with Crippen molar-refractivity contribution in [1.82, 2.24) is 5.32 Å². The zero-order valence-corrected chi connectivity index (χ0v) is 11.1. The predicted molar refractivity (Wildman–Crippen MR) is 46.7 cm³/mol. The Kier molecular flexibility index (Phi) is 7.16. The minimum Gasteiger partial charge on any atom is -0.550 e. The van der Waals surface area contributed by atoms with Crippen molar-refractivity contribution in [2.45, 2.75) is 32.7 Å². The van der Waals surface area contributed by atoms with Gasteiger partial charge in [-0.25, -0.2) is 0 Å². The number of carbonyl (C=O) groups excluding carboxylic acids is 2. The summed E-state index contributed by atoms with van der Waals surface area (Å²) in [4.78, 5) is 21.4. The van der Waals surface area contributed by atoms with Crippen LogP contribution in [0.1, 0.15) is 27.2 Å². The van der Waals surface area contributed by atoms with Crippen LogP contribution in [0.3, 0.4) is 0 Å². The van der Waals surface area contributed by atoms with Crippen LogP contribution in [-0.4, -0.2) is 17.4 Å². The Bertz CT molecular complexity index is 248. The molecule has 1 amide bonds. The monoisotopic (exact) mass is 207 g/mol. The van der Waals surface area contributed by atoms with Crippen LogP contribution in [0, 0.1) is 0 Å². The third kappa shape index (κ3) is 7.12. The Labute approximate surface area is 106 Å². The largest absolute Gasteiger partial charge is 1.00 e. The minimum absolute atomic E-state index is 0. The summed E-state index contributed by atoms with van der Waals surface area (Å²) in [6.07, 6.45) is -0.216. The fourth-order valence-electron chi connectivity index (χ4n) is 0.819. The molecule has 5 heteroatoms. The molecule has 74 valence electrons. The van der Waals surface area contributed by atoms with E-state index in [4.69, 9.17) is 0 Å². The van der Waals surface area contributed by atoms with E-state index in [1.165, 1.54) is 0 Å². The Morgan fingerprint density at radius 3 is 2.14 bits per heavy atom. The first-order valence-corrected chi connectivity index (χ1v) is 3.92. The van der Waals surface area contributed by atoms with Crippen molar-refractivity contribution < 1.29 is 44.3 Å². The number of carbonyl (C=O) groups is 2. The summed E-state index contributed by atoms with van der Waals surface area (Å²) < 4.78 is 0.